The van der Waals surface area contributed by atoms with E-state index in [0.717, 1.165) is 21.3 Å². The summed E-state index contributed by atoms with van der Waals surface area (Å²) in [6, 6.07) is 8.08. The predicted octanol–water partition coefficient (Wildman–Crippen LogP) is 6.53. The molecule has 7 rings (SSSR count). The highest BCUT2D eigenvalue weighted by molar-refractivity contribution is 6.35. The van der Waals surface area contributed by atoms with Gasteiger partial charge in [-0.2, -0.15) is 15.2 Å². The first-order chi connectivity index (χ1) is 29.0. The van der Waals surface area contributed by atoms with Gasteiger partial charge >= 0.3 is 23.4 Å². The number of carbonyl (C=O) groups excluding carboxylic acids is 2. The summed E-state index contributed by atoms with van der Waals surface area (Å²) in [5.74, 6) is -5.48. The van der Waals surface area contributed by atoms with Gasteiger partial charge in [0, 0.05) is 72.4 Å². The Kier molecular flexibility index (Phi) is 11.7. The molecule has 16 nitrogen and oxygen atoms in total. The van der Waals surface area contributed by atoms with E-state index in [-0.39, 0.29) is 40.9 Å². The quantitative estimate of drug-likeness (QED) is 0.101. The summed E-state index contributed by atoms with van der Waals surface area (Å²) in [7, 11) is 3.02. The number of nitrogens with one attached hydrogen (secondary N) is 2. The third-order valence-electron chi connectivity index (χ3n) is 9.40. The number of ether oxygens (including phenoxy) is 2. The number of nitrogens with zero attached hydrogens (tertiary/aromatic N) is 8. The predicted molar refractivity (Wildman–Crippen MR) is 219 cm³/mol. The van der Waals surface area contributed by atoms with E-state index < -0.39 is 53.0 Å². The Morgan fingerprint density at radius 1 is 1.00 bits per heavy atom. The van der Waals surface area contributed by atoms with Crippen molar-refractivity contribution in [3.8, 4) is 16.8 Å². The topological polar surface area (TPSA) is 182 Å². The number of aromatic nitrogens is 8. The summed E-state index contributed by atoms with van der Waals surface area (Å²) < 4.78 is 58.4. The lowest BCUT2D eigenvalue weighted by Crippen LogP contribution is -2.42. The molecule has 0 saturated heterocycles. The number of halogens is 4. The van der Waals surface area contributed by atoms with Crippen LogP contribution in [0.5, 0.6) is 0 Å². The number of hydrogen-bond acceptors (Lipinski definition) is 11. The Morgan fingerprint density at radius 3 is 2.48 bits per heavy atom. The molecule has 0 bridgehead atoms. The van der Waals surface area contributed by atoms with Gasteiger partial charge in [-0.05, 0) is 56.5 Å². The van der Waals surface area contributed by atoms with Crippen molar-refractivity contribution in [2.75, 3.05) is 12.4 Å². The minimum atomic E-state index is -1.71. The molecule has 4 heterocycles. The van der Waals surface area contributed by atoms with Crippen LogP contribution in [-0.4, -0.2) is 63.4 Å². The number of alkyl carbamates (subject to hydrolysis) is 1. The lowest BCUT2D eigenvalue weighted by molar-refractivity contribution is -0.140. The molecule has 316 valence electrons. The van der Waals surface area contributed by atoms with Crippen molar-refractivity contribution in [2.24, 2.45) is 7.05 Å². The number of anilines is 2. The fourth-order valence-corrected chi connectivity index (χ4v) is 7.04. The zero-order valence-corrected chi connectivity index (χ0v) is 34.2. The van der Waals surface area contributed by atoms with Crippen molar-refractivity contribution in [3.05, 3.63) is 122 Å². The van der Waals surface area contributed by atoms with Gasteiger partial charge in [0.1, 0.15) is 5.60 Å². The van der Waals surface area contributed by atoms with Gasteiger partial charge < -0.3 is 20.1 Å². The molecule has 0 atom stereocenters. The molecule has 0 aliphatic carbocycles. The molecule has 7 aromatic rings. The normalized spacial score (nSPS) is 11.6. The molecule has 0 aliphatic heterocycles. The minimum absolute atomic E-state index is 0.0199. The molecular formula is C41H38ClF3N10O6. The zero-order chi connectivity index (χ0) is 43.7. The van der Waals surface area contributed by atoms with Crippen LogP contribution in [0.3, 0.4) is 0 Å². The summed E-state index contributed by atoms with van der Waals surface area (Å²) in [5.41, 5.74) is -0.994. The maximum atomic E-state index is 14.8. The number of pyridine rings is 1. The minimum Gasteiger partial charge on any atom is -0.469 e. The van der Waals surface area contributed by atoms with Crippen molar-refractivity contribution >= 4 is 57.0 Å². The largest absolute Gasteiger partial charge is 0.469 e. The Morgan fingerprint density at radius 2 is 1.75 bits per heavy atom. The number of methoxy groups -OCH3 is 1. The summed E-state index contributed by atoms with van der Waals surface area (Å²) in [5, 5.41) is 16.2. The lowest BCUT2D eigenvalue weighted by atomic mass is 10.0. The highest BCUT2D eigenvalue weighted by Gasteiger charge is 2.24. The molecular weight excluding hydrogens is 821 g/mol. The lowest BCUT2D eigenvalue weighted by Gasteiger charge is -2.20. The molecule has 4 aromatic heterocycles. The van der Waals surface area contributed by atoms with Crippen LogP contribution in [0.1, 0.15) is 44.7 Å². The number of fused-ring (bicyclic) bond motifs is 2. The van der Waals surface area contributed by atoms with Crippen LogP contribution >= 0.6 is 11.6 Å². The Labute approximate surface area is 349 Å². The van der Waals surface area contributed by atoms with E-state index in [0.29, 0.717) is 51.3 Å². The summed E-state index contributed by atoms with van der Waals surface area (Å²) in [6.45, 7) is 4.80. The maximum Gasteiger partial charge on any atom is 0.407 e. The number of esters is 1. The second-order valence-corrected chi connectivity index (χ2v) is 15.4. The van der Waals surface area contributed by atoms with E-state index in [2.05, 4.69) is 30.8 Å². The molecule has 0 unspecified atom stereocenters. The highest BCUT2D eigenvalue weighted by Crippen LogP contribution is 2.41. The van der Waals surface area contributed by atoms with Gasteiger partial charge in [0.25, 0.3) is 0 Å². The van der Waals surface area contributed by atoms with Gasteiger partial charge in [-0.15, -0.1) is 0 Å². The van der Waals surface area contributed by atoms with Gasteiger partial charge in [0.15, 0.2) is 17.5 Å². The Bertz CT molecular complexity index is 2950. The van der Waals surface area contributed by atoms with Gasteiger partial charge in [-0.3, -0.25) is 23.7 Å². The smallest absolute Gasteiger partial charge is 0.407 e. The molecule has 61 heavy (non-hydrogen) atoms. The average Bonchev–Trinajstić information content (AvgIpc) is 3.82. The molecule has 0 fully saturated rings. The summed E-state index contributed by atoms with van der Waals surface area (Å²) >= 11 is 6.93. The summed E-state index contributed by atoms with van der Waals surface area (Å²) in [4.78, 5) is 61.9. The SMILES string of the molecule is COC(=O)CCCn1cc(-c2c(Nc3nc(=O)n(-c4cncc5cccc(CNC(=O)OC(C)(C)C)c45)c(=O)n3Cc3cc(F)c(F)c(F)c3)c(Cl)cc3nn(C)cc23)cn1. The van der Waals surface area contributed by atoms with Crippen molar-refractivity contribution in [3.63, 3.8) is 0 Å². The first kappa shape index (κ1) is 42.1. The molecule has 3 aromatic carbocycles. The zero-order valence-electron chi connectivity index (χ0n) is 33.4. The van der Waals surface area contributed by atoms with E-state index in [1.165, 1.54) is 19.5 Å². The van der Waals surface area contributed by atoms with Crippen LogP contribution in [0.15, 0.2) is 77.0 Å². The van der Waals surface area contributed by atoms with Gasteiger partial charge in [-0.25, -0.2) is 32.1 Å². The number of amides is 1. The van der Waals surface area contributed by atoms with E-state index in [4.69, 9.17) is 21.1 Å². The number of benzene rings is 3. The third-order valence-corrected chi connectivity index (χ3v) is 9.70. The number of rotatable bonds is 12. The second-order valence-electron chi connectivity index (χ2n) is 15.0. The standard InChI is InChI=1S/C41H38ClF3N10O6/c1-41(2,3)61-39(58)47-16-24-9-6-8-23-15-46-18-31(33(23)24)55-38(57)50-37(54(40(55)59)19-22-12-28(43)35(45)29(44)13-22)49-36-27(42)14-30-26(21-52(4)51-30)34(36)25-17-48-53(20-25)11-7-10-32(56)60-5/h6,8-9,12-15,17-18,20-21H,7,10-11,16,19H2,1-5H3,(H,47,58)(H,49,50,57). The van der Waals surface area contributed by atoms with Crippen LogP contribution in [0, 0.1) is 17.5 Å². The van der Waals surface area contributed by atoms with E-state index in [9.17, 15) is 32.3 Å². The van der Waals surface area contributed by atoms with E-state index in [1.807, 2.05) is 0 Å². The molecule has 0 saturated carbocycles. The molecule has 1 amide bonds. The molecule has 0 aliphatic rings. The van der Waals surface area contributed by atoms with Crippen LogP contribution in [0.4, 0.5) is 29.6 Å². The van der Waals surface area contributed by atoms with Crippen molar-refractivity contribution in [1.82, 2.24) is 44.0 Å². The van der Waals surface area contributed by atoms with Crippen molar-refractivity contribution in [1.29, 1.82) is 0 Å². The fourth-order valence-electron chi connectivity index (χ4n) is 6.80. The molecule has 0 spiro atoms. The van der Waals surface area contributed by atoms with Crippen LogP contribution < -0.4 is 22.0 Å². The summed E-state index contributed by atoms with van der Waals surface area (Å²) in [6.07, 6.45) is 7.67. The monoisotopic (exact) mass is 858 g/mol. The van der Waals surface area contributed by atoms with Crippen LogP contribution in [-0.2, 0) is 41.0 Å². The molecule has 2 N–H and O–H groups in total. The Balaban J connectivity index is 1.39. The van der Waals surface area contributed by atoms with Crippen molar-refractivity contribution in [2.45, 2.75) is 58.8 Å². The third kappa shape index (κ3) is 8.96. The number of aryl methyl sites for hydroxylation is 2. The Hall–Kier alpha value is -7.02. The highest BCUT2D eigenvalue weighted by atomic mass is 35.5. The van der Waals surface area contributed by atoms with E-state index in [1.54, 1.807) is 80.0 Å². The van der Waals surface area contributed by atoms with Gasteiger partial charge in [0.05, 0.1) is 48.0 Å². The first-order valence-electron chi connectivity index (χ1n) is 18.7. The van der Waals surface area contributed by atoms with Gasteiger partial charge in [-0.1, -0.05) is 29.8 Å². The number of hydrogen-bond donors (Lipinski definition) is 2. The van der Waals surface area contributed by atoms with E-state index >= 15 is 0 Å². The first-order valence-corrected chi connectivity index (χ1v) is 19.1. The van der Waals surface area contributed by atoms with Crippen molar-refractivity contribution < 1.29 is 32.2 Å². The molecule has 20 heteroatoms. The van der Waals surface area contributed by atoms with Crippen LogP contribution in [0.2, 0.25) is 5.02 Å². The molecule has 0 radical (unpaired) electrons. The van der Waals surface area contributed by atoms with Gasteiger partial charge in [0.2, 0.25) is 5.95 Å². The maximum absolute atomic E-state index is 14.8. The fraction of sp³-hybridized carbons (Fsp3) is 0.268. The van der Waals surface area contributed by atoms with Crippen LogP contribution in [0.25, 0.3) is 38.5 Å². The second kappa shape index (κ2) is 16.9. The average molecular weight is 859 g/mol. The number of carbonyl (C=O) groups is 2.